The second-order valence-corrected chi connectivity index (χ2v) is 9.31. The maximum atomic E-state index is 12.2. The fourth-order valence-corrected chi connectivity index (χ4v) is 4.66. The topological polar surface area (TPSA) is 63.2 Å². The lowest BCUT2D eigenvalue weighted by atomic mass is 9.78. The maximum absolute atomic E-state index is 12.2. The Labute approximate surface area is 146 Å². The molecule has 1 amide bonds. The fraction of sp³-hybridized carbons (Fsp3) is 0.632. The molecule has 1 fully saturated rings. The van der Waals surface area contributed by atoms with Crippen molar-refractivity contribution in [1.82, 2.24) is 5.32 Å². The van der Waals surface area contributed by atoms with Crippen molar-refractivity contribution in [2.24, 2.45) is 11.8 Å². The summed E-state index contributed by atoms with van der Waals surface area (Å²) in [6.07, 6.45) is 4.51. The van der Waals surface area contributed by atoms with E-state index in [1.807, 2.05) is 30.3 Å². The highest BCUT2D eigenvalue weighted by Crippen LogP contribution is 2.29. The zero-order valence-electron chi connectivity index (χ0n) is 14.7. The Morgan fingerprint density at radius 3 is 2.58 bits per heavy atom. The molecule has 1 aromatic carbocycles. The lowest BCUT2D eigenvalue weighted by molar-refractivity contribution is -0.120. The Bertz CT molecular complexity index is 627. The van der Waals surface area contributed by atoms with Crippen LogP contribution >= 0.6 is 0 Å². The van der Waals surface area contributed by atoms with Crippen LogP contribution in [0.1, 0.15) is 45.1 Å². The van der Waals surface area contributed by atoms with E-state index in [0.717, 1.165) is 24.8 Å². The second-order valence-electron chi connectivity index (χ2n) is 7.12. The molecule has 1 aliphatic rings. The third-order valence-corrected chi connectivity index (χ3v) is 6.78. The molecule has 24 heavy (non-hydrogen) atoms. The Kier molecular flexibility index (Phi) is 6.84. The number of aryl methyl sites for hydroxylation is 1. The average molecular weight is 352 g/mol. The summed E-state index contributed by atoms with van der Waals surface area (Å²) in [6, 6.07) is 9.93. The van der Waals surface area contributed by atoms with E-state index in [4.69, 9.17) is 0 Å². The van der Waals surface area contributed by atoms with Gasteiger partial charge in [-0.25, -0.2) is 8.42 Å². The third kappa shape index (κ3) is 5.93. The monoisotopic (exact) mass is 351 g/mol. The van der Waals surface area contributed by atoms with Gasteiger partial charge in [-0.3, -0.25) is 4.79 Å². The number of amides is 1. The summed E-state index contributed by atoms with van der Waals surface area (Å²) in [7, 11) is -3.34. The molecule has 0 saturated heterocycles. The third-order valence-electron chi connectivity index (χ3n) is 5.17. The standard InChI is InChI=1S/C19H29NO3S/c1-15-8-6-12-18(16(15)2)20-19(21)14-24(22,23)13-7-11-17-9-4-3-5-10-17/h3-5,9-10,15-16,18H,6-8,11-14H2,1-2H3,(H,20,21). The van der Waals surface area contributed by atoms with Gasteiger partial charge in [0, 0.05) is 6.04 Å². The normalized spacial score (nSPS) is 24.5. The van der Waals surface area contributed by atoms with Crippen LogP contribution in [0.25, 0.3) is 0 Å². The van der Waals surface area contributed by atoms with Gasteiger partial charge in [-0.2, -0.15) is 0 Å². The van der Waals surface area contributed by atoms with Gasteiger partial charge in [-0.1, -0.05) is 57.0 Å². The van der Waals surface area contributed by atoms with Crippen molar-refractivity contribution in [3.05, 3.63) is 35.9 Å². The lowest BCUT2D eigenvalue weighted by Gasteiger charge is -2.34. The van der Waals surface area contributed by atoms with E-state index in [2.05, 4.69) is 19.2 Å². The summed E-state index contributed by atoms with van der Waals surface area (Å²) in [6.45, 7) is 4.34. The smallest absolute Gasteiger partial charge is 0.235 e. The summed E-state index contributed by atoms with van der Waals surface area (Å²) >= 11 is 0. The number of sulfone groups is 1. The number of hydrogen-bond donors (Lipinski definition) is 1. The Balaban J connectivity index is 1.77. The lowest BCUT2D eigenvalue weighted by Crippen LogP contribution is -2.45. The van der Waals surface area contributed by atoms with Crippen molar-refractivity contribution in [3.8, 4) is 0 Å². The van der Waals surface area contributed by atoms with Crippen LogP contribution in [-0.4, -0.2) is 31.9 Å². The summed E-state index contributed by atoms with van der Waals surface area (Å²) in [5.41, 5.74) is 1.13. The molecule has 5 heteroatoms. The summed E-state index contributed by atoms with van der Waals surface area (Å²) in [4.78, 5) is 12.1. The Morgan fingerprint density at radius 1 is 1.17 bits per heavy atom. The molecule has 0 aromatic heterocycles. The van der Waals surface area contributed by atoms with Crippen molar-refractivity contribution in [3.63, 3.8) is 0 Å². The van der Waals surface area contributed by atoms with Gasteiger partial charge in [-0.05, 0) is 36.7 Å². The van der Waals surface area contributed by atoms with E-state index >= 15 is 0 Å². The van der Waals surface area contributed by atoms with Crippen LogP contribution in [0, 0.1) is 11.8 Å². The van der Waals surface area contributed by atoms with Gasteiger partial charge in [0.2, 0.25) is 5.91 Å². The predicted molar refractivity (Wildman–Crippen MR) is 97.5 cm³/mol. The number of rotatable bonds is 7. The summed E-state index contributed by atoms with van der Waals surface area (Å²) in [5.74, 6) is 0.307. The van der Waals surface area contributed by atoms with E-state index in [-0.39, 0.29) is 23.5 Å². The number of benzene rings is 1. The van der Waals surface area contributed by atoms with Gasteiger partial charge in [0.05, 0.1) is 5.75 Å². The van der Waals surface area contributed by atoms with Crippen LogP contribution in [0.2, 0.25) is 0 Å². The molecule has 0 aliphatic heterocycles. The van der Waals surface area contributed by atoms with Crippen molar-refractivity contribution in [2.75, 3.05) is 11.5 Å². The Hall–Kier alpha value is -1.36. The molecule has 0 radical (unpaired) electrons. The minimum absolute atomic E-state index is 0.0614. The molecule has 1 saturated carbocycles. The van der Waals surface area contributed by atoms with E-state index in [1.165, 1.54) is 6.42 Å². The summed E-state index contributed by atoms with van der Waals surface area (Å²) in [5, 5.41) is 2.95. The molecular formula is C19H29NO3S. The molecule has 4 nitrogen and oxygen atoms in total. The van der Waals surface area contributed by atoms with Crippen LogP contribution in [0.5, 0.6) is 0 Å². The molecule has 1 aromatic rings. The van der Waals surface area contributed by atoms with Gasteiger partial charge in [-0.15, -0.1) is 0 Å². The zero-order valence-corrected chi connectivity index (χ0v) is 15.5. The molecule has 0 bridgehead atoms. The fourth-order valence-electron chi connectivity index (χ4n) is 3.45. The highest BCUT2D eigenvalue weighted by molar-refractivity contribution is 7.92. The molecule has 2 rings (SSSR count). The van der Waals surface area contributed by atoms with Crippen molar-refractivity contribution >= 4 is 15.7 Å². The van der Waals surface area contributed by atoms with Gasteiger partial charge in [0.1, 0.15) is 5.75 Å². The SMILES string of the molecule is CC1CCCC(NC(=O)CS(=O)(=O)CCCc2ccccc2)C1C. The molecule has 134 valence electrons. The maximum Gasteiger partial charge on any atom is 0.235 e. The van der Waals surface area contributed by atoms with E-state index in [1.54, 1.807) is 0 Å². The number of carbonyl (C=O) groups excluding carboxylic acids is 1. The molecule has 1 aliphatic carbocycles. The average Bonchev–Trinajstić information content (AvgIpc) is 2.52. The van der Waals surface area contributed by atoms with Crippen LogP contribution in [0.15, 0.2) is 30.3 Å². The second kappa shape index (κ2) is 8.65. The van der Waals surface area contributed by atoms with Gasteiger partial charge in [0.15, 0.2) is 9.84 Å². The van der Waals surface area contributed by atoms with Crippen LogP contribution in [0.4, 0.5) is 0 Å². The number of nitrogens with one attached hydrogen (secondary N) is 1. The van der Waals surface area contributed by atoms with Crippen LogP contribution in [-0.2, 0) is 21.1 Å². The highest BCUT2D eigenvalue weighted by atomic mass is 32.2. The van der Waals surface area contributed by atoms with Crippen molar-refractivity contribution in [2.45, 2.75) is 52.0 Å². The molecular weight excluding hydrogens is 322 g/mol. The van der Waals surface area contributed by atoms with E-state index in [0.29, 0.717) is 18.3 Å². The molecule has 0 heterocycles. The number of hydrogen-bond acceptors (Lipinski definition) is 3. The zero-order chi connectivity index (χ0) is 17.6. The van der Waals surface area contributed by atoms with E-state index in [9.17, 15) is 13.2 Å². The van der Waals surface area contributed by atoms with Gasteiger partial charge in [0.25, 0.3) is 0 Å². The molecule has 3 atom stereocenters. The highest BCUT2D eigenvalue weighted by Gasteiger charge is 2.29. The summed E-state index contributed by atoms with van der Waals surface area (Å²) < 4.78 is 24.3. The van der Waals surface area contributed by atoms with Gasteiger partial charge >= 0.3 is 0 Å². The Morgan fingerprint density at radius 2 is 1.88 bits per heavy atom. The first-order chi connectivity index (χ1) is 11.4. The van der Waals surface area contributed by atoms with Gasteiger partial charge < -0.3 is 5.32 Å². The van der Waals surface area contributed by atoms with Crippen LogP contribution < -0.4 is 5.32 Å². The molecule has 1 N–H and O–H groups in total. The van der Waals surface area contributed by atoms with Crippen molar-refractivity contribution < 1.29 is 13.2 Å². The molecule has 3 unspecified atom stereocenters. The van der Waals surface area contributed by atoms with E-state index < -0.39 is 9.84 Å². The minimum atomic E-state index is -3.34. The predicted octanol–water partition coefficient (Wildman–Crippen LogP) is 2.97. The molecule has 0 spiro atoms. The minimum Gasteiger partial charge on any atom is -0.352 e. The number of carbonyl (C=O) groups is 1. The first kappa shape index (κ1) is 19.0. The quantitative estimate of drug-likeness (QED) is 0.821. The first-order valence-corrected chi connectivity index (χ1v) is 10.7. The van der Waals surface area contributed by atoms with Crippen LogP contribution in [0.3, 0.4) is 0 Å². The van der Waals surface area contributed by atoms with Crippen molar-refractivity contribution in [1.29, 1.82) is 0 Å². The largest absolute Gasteiger partial charge is 0.352 e. The first-order valence-electron chi connectivity index (χ1n) is 8.91.